The molecule has 14 heavy (non-hydrogen) atoms. The van der Waals surface area contributed by atoms with Crippen molar-refractivity contribution < 1.29 is 9.90 Å². The van der Waals surface area contributed by atoms with Crippen molar-refractivity contribution in [3.63, 3.8) is 0 Å². The van der Waals surface area contributed by atoms with Crippen LogP contribution in [0.4, 0.5) is 0 Å². The first-order valence-electron chi connectivity index (χ1n) is 3.58. The van der Waals surface area contributed by atoms with Crippen molar-refractivity contribution in [2.75, 3.05) is 0 Å². The van der Waals surface area contributed by atoms with Crippen molar-refractivity contribution in [2.45, 2.75) is 6.42 Å². The Morgan fingerprint density at radius 1 is 1.57 bits per heavy atom. The molecule has 0 unspecified atom stereocenters. The highest BCUT2D eigenvalue weighted by Crippen LogP contribution is 2.16. The summed E-state index contributed by atoms with van der Waals surface area (Å²) in [5.41, 5.74) is 0.354. The molecule has 0 radical (unpaired) electrons. The van der Waals surface area contributed by atoms with E-state index in [1.165, 1.54) is 6.20 Å². The third-order valence-corrected chi connectivity index (χ3v) is 1.94. The van der Waals surface area contributed by atoms with Crippen LogP contribution in [0.1, 0.15) is 5.69 Å². The third kappa shape index (κ3) is 2.68. The number of aliphatic carboxylic acids is 1. The molecule has 0 aliphatic rings. The fourth-order valence-electron chi connectivity index (χ4n) is 0.768. The number of carboxylic acid groups (broad SMARTS) is 1. The van der Waals surface area contributed by atoms with Crippen molar-refractivity contribution in [1.29, 1.82) is 0 Å². The van der Waals surface area contributed by atoms with Gasteiger partial charge in [0.15, 0.2) is 5.15 Å². The normalized spacial score (nSPS) is 9.86. The quantitative estimate of drug-likeness (QED) is 0.810. The van der Waals surface area contributed by atoms with Gasteiger partial charge in [-0.1, -0.05) is 29.8 Å². The summed E-state index contributed by atoms with van der Waals surface area (Å²) in [4.78, 5) is 18.0. The average molecular weight is 233 g/mol. The molecule has 6 heteroatoms. The summed E-state index contributed by atoms with van der Waals surface area (Å²) < 4.78 is 0. The van der Waals surface area contributed by atoms with Gasteiger partial charge in [0.25, 0.3) is 0 Å². The van der Waals surface area contributed by atoms with Gasteiger partial charge in [-0.2, -0.15) is 0 Å². The van der Waals surface area contributed by atoms with E-state index in [9.17, 15) is 4.79 Å². The number of carbonyl (C=O) groups is 1. The summed E-state index contributed by atoms with van der Waals surface area (Å²) in [6.07, 6.45) is 1.36. The minimum Gasteiger partial charge on any atom is -0.478 e. The summed E-state index contributed by atoms with van der Waals surface area (Å²) in [7, 11) is 0. The lowest BCUT2D eigenvalue weighted by Crippen LogP contribution is -2.04. The molecule has 0 aliphatic carbocycles. The van der Waals surface area contributed by atoms with E-state index in [1.807, 2.05) is 0 Å². The molecule has 0 saturated carbocycles. The second-order valence-electron chi connectivity index (χ2n) is 2.52. The topological polar surface area (TPSA) is 63.1 Å². The minimum atomic E-state index is -1.09. The average Bonchev–Trinajstić information content (AvgIpc) is 2.09. The van der Waals surface area contributed by atoms with Crippen LogP contribution < -0.4 is 0 Å². The third-order valence-electron chi connectivity index (χ3n) is 1.45. The van der Waals surface area contributed by atoms with E-state index in [0.717, 1.165) is 0 Å². The van der Waals surface area contributed by atoms with Crippen molar-refractivity contribution in [2.24, 2.45) is 0 Å². The molecule has 1 N–H and O–H groups in total. The second kappa shape index (κ2) is 4.39. The van der Waals surface area contributed by atoms with Crippen LogP contribution in [0, 0.1) is 0 Å². The molecule has 0 fully saturated rings. The van der Waals surface area contributed by atoms with E-state index in [2.05, 4.69) is 16.5 Å². The first-order valence-corrected chi connectivity index (χ1v) is 4.34. The van der Waals surface area contributed by atoms with Crippen molar-refractivity contribution in [3.05, 3.63) is 34.3 Å². The number of carboxylic acids is 1. The molecule has 1 heterocycles. The first-order chi connectivity index (χ1) is 6.50. The Morgan fingerprint density at radius 2 is 2.21 bits per heavy atom. The number of nitrogens with zero attached hydrogens (tertiary/aromatic N) is 2. The Balaban J connectivity index is 2.87. The SMILES string of the molecule is C=C(Cc1ncc(Cl)nc1Cl)C(=O)O. The molecule has 1 aromatic heterocycles. The maximum absolute atomic E-state index is 10.5. The van der Waals surface area contributed by atoms with Crippen LogP contribution in [0.25, 0.3) is 0 Å². The molecule has 0 amide bonds. The summed E-state index contributed by atoms with van der Waals surface area (Å²) >= 11 is 11.2. The summed E-state index contributed by atoms with van der Waals surface area (Å²) in [5, 5.41) is 8.84. The zero-order chi connectivity index (χ0) is 10.7. The highest BCUT2D eigenvalue weighted by Gasteiger charge is 2.10. The Bertz CT molecular complexity index is 393. The van der Waals surface area contributed by atoms with Gasteiger partial charge in [0.2, 0.25) is 0 Å². The molecule has 0 saturated heterocycles. The number of hydrogen-bond acceptors (Lipinski definition) is 3. The molecule has 1 rings (SSSR count). The van der Waals surface area contributed by atoms with Crippen molar-refractivity contribution in [1.82, 2.24) is 9.97 Å². The maximum atomic E-state index is 10.5. The van der Waals surface area contributed by atoms with Crippen LogP contribution in [0.3, 0.4) is 0 Å². The molecule has 0 spiro atoms. The standard InChI is InChI=1S/C8H6Cl2N2O2/c1-4(8(13)14)2-5-7(10)12-6(9)3-11-5/h3H,1-2H2,(H,13,14). The number of aromatic nitrogens is 2. The van der Waals surface area contributed by atoms with E-state index in [-0.39, 0.29) is 22.3 Å². The van der Waals surface area contributed by atoms with Gasteiger partial charge < -0.3 is 5.11 Å². The first kappa shape index (κ1) is 10.9. The smallest absolute Gasteiger partial charge is 0.331 e. The fraction of sp³-hybridized carbons (Fsp3) is 0.125. The molecule has 74 valence electrons. The molecular weight excluding hydrogens is 227 g/mol. The van der Waals surface area contributed by atoms with Gasteiger partial charge in [0.1, 0.15) is 5.15 Å². The molecule has 0 atom stereocenters. The monoisotopic (exact) mass is 232 g/mol. The van der Waals surface area contributed by atoms with E-state index >= 15 is 0 Å². The molecule has 0 bridgehead atoms. The second-order valence-corrected chi connectivity index (χ2v) is 3.26. The van der Waals surface area contributed by atoms with Crippen LogP contribution in [-0.4, -0.2) is 21.0 Å². The predicted molar refractivity (Wildman–Crippen MR) is 52.5 cm³/mol. The molecular formula is C8H6Cl2N2O2. The van der Waals surface area contributed by atoms with Gasteiger partial charge in [-0.3, -0.25) is 4.98 Å². The van der Waals surface area contributed by atoms with Crippen LogP contribution in [0.5, 0.6) is 0 Å². The Morgan fingerprint density at radius 3 is 2.71 bits per heavy atom. The Labute approximate surface area is 90.2 Å². The highest BCUT2D eigenvalue weighted by molar-refractivity contribution is 6.32. The molecule has 1 aromatic rings. The predicted octanol–water partition coefficient (Wildman–Crippen LogP) is 1.97. The summed E-state index contributed by atoms with van der Waals surface area (Å²) in [5.74, 6) is -1.09. The molecule has 0 aliphatic heterocycles. The Hall–Kier alpha value is -1.13. The maximum Gasteiger partial charge on any atom is 0.331 e. The number of halogens is 2. The van der Waals surface area contributed by atoms with Crippen LogP contribution in [0.2, 0.25) is 10.3 Å². The van der Waals surface area contributed by atoms with Crippen molar-refractivity contribution in [3.8, 4) is 0 Å². The summed E-state index contributed by atoms with van der Waals surface area (Å²) in [6, 6.07) is 0. The lowest BCUT2D eigenvalue weighted by molar-refractivity contribution is -0.132. The van der Waals surface area contributed by atoms with Gasteiger partial charge in [0, 0.05) is 12.0 Å². The van der Waals surface area contributed by atoms with Gasteiger partial charge in [0.05, 0.1) is 11.9 Å². The van der Waals surface area contributed by atoms with Gasteiger partial charge in [-0.15, -0.1) is 0 Å². The van der Waals surface area contributed by atoms with Crippen molar-refractivity contribution >= 4 is 29.2 Å². The largest absolute Gasteiger partial charge is 0.478 e. The number of hydrogen-bond donors (Lipinski definition) is 1. The van der Waals surface area contributed by atoms with Gasteiger partial charge in [-0.25, -0.2) is 9.78 Å². The molecule has 4 nitrogen and oxygen atoms in total. The van der Waals surface area contributed by atoms with Gasteiger partial charge >= 0.3 is 5.97 Å². The Kier molecular flexibility index (Phi) is 3.43. The van der Waals surface area contributed by atoms with Crippen LogP contribution in [0.15, 0.2) is 18.3 Å². The molecule has 0 aromatic carbocycles. The minimum absolute atomic E-state index is 0.00326. The lowest BCUT2D eigenvalue weighted by atomic mass is 10.2. The summed E-state index contributed by atoms with van der Waals surface area (Å²) in [6.45, 7) is 3.35. The highest BCUT2D eigenvalue weighted by atomic mass is 35.5. The van der Waals surface area contributed by atoms with E-state index < -0.39 is 5.97 Å². The van der Waals surface area contributed by atoms with Crippen LogP contribution >= 0.6 is 23.2 Å². The zero-order valence-electron chi connectivity index (χ0n) is 7.00. The zero-order valence-corrected chi connectivity index (χ0v) is 8.51. The lowest BCUT2D eigenvalue weighted by Gasteiger charge is -2.01. The van der Waals surface area contributed by atoms with E-state index in [1.54, 1.807) is 0 Å². The van der Waals surface area contributed by atoms with E-state index in [4.69, 9.17) is 28.3 Å². The van der Waals surface area contributed by atoms with Crippen LogP contribution in [-0.2, 0) is 11.2 Å². The van der Waals surface area contributed by atoms with E-state index in [0.29, 0.717) is 5.69 Å². The fourth-order valence-corrected chi connectivity index (χ4v) is 1.15. The van der Waals surface area contributed by atoms with Gasteiger partial charge in [-0.05, 0) is 0 Å². The number of rotatable bonds is 3.